The maximum absolute atomic E-state index is 12.3. The summed E-state index contributed by atoms with van der Waals surface area (Å²) in [6.45, 7) is 3.32. The van der Waals surface area contributed by atoms with Gasteiger partial charge in [0, 0.05) is 25.8 Å². The second-order valence-electron chi connectivity index (χ2n) is 6.23. The second-order valence-corrected chi connectivity index (χ2v) is 6.23. The van der Waals surface area contributed by atoms with E-state index >= 15 is 0 Å². The molecule has 0 aromatic rings. The van der Waals surface area contributed by atoms with Crippen LogP contribution in [0.4, 0.5) is 0 Å². The van der Waals surface area contributed by atoms with Gasteiger partial charge in [-0.15, -0.1) is 0 Å². The number of nitrogens with one attached hydrogen (secondary N) is 2. The van der Waals surface area contributed by atoms with E-state index in [9.17, 15) is 14.4 Å². The van der Waals surface area contributed by atoms with Crippen LogP contribution in [0.3, 0.4) is 0 Å². The number of ketones is 1. The first-order valence-electron chi connectivity index (χ1n) is 8.62. The van der Waals surface area contributed by atoms with Crippen LogP contribution in [0.15, 0.2) is 0 Å². The number of Topliss-reactive ketones (excluding diaryl/α,β-unsaturated/α-hetero) is 1. The lowest BCUT2D eigenvalue weighted by Crippen LogP contribution is -2.48. The molecule has 2 N–H and O–H groups in total. The van der Waals surface area contributed by atoms with Gasteiger partial charge in [0.05, 0.1) is 0 Å². The van der Waals surface area contributed by atoms with Crippen LogP contribution in [0.25, 0.3) is 0 Å². The molecule has 0 heterocycles. The summed E-state index contributed by atoms with van der Waals surface area (Å²) in [7, 11) is 0. The van der Waals surface area contributed by atoms with Crippen LogP contribution in [-0.4, -0.2) is 29.7 Å². The maximum atomic E-state index is 12.3. The molecular weight excluding hydrogens is 280 g/mol. The molecular formula is C17H30N2O3. The fourth-order valence-electron chi connectivity index (χ4n) is 2.91. The quantitative estimate of drug-likeness (QED) is 0.609. The molecule has 5 heteroatoms. The van der Waals surface area contributed by atoms with Crippen LogP contribution in [0, 0.1) is 0 Å². The Morgan fingerprint density at radius 1 is 1.09 bits per heavy atom. The van der Waals surface area contributed by atoms with Crippen LogP contribution in [0.5, 0.6) is 0 Å². The first-order valence-corrected chi connectivity index (χ1v) is 8.62. The Labute approximate surface area is 133 Å². The number of hydrogen-bond donors (Lipinski definition) is 2. The molecule has 1 atom stereocenters. The van der Waals surface area contributed by atoms with Crippen LogP contribution in [-0.2, 0) is 14.4 Å². The first kappa shape index (κ1) is 18.7. The van der Waals surface area contributed by atoms with E-state index in [4.69, 9.17) is 0 Å². The molecule has 5 nitrogen and oxygen atoms in total. The average molecular weight is 310 g/mol. The van der Waals surface area contributed by atoms with E-state index < -0.39 is 6.04 Å². The summed E-state index contributed by atoms with van der Waals surface area (Å²) in [4.78, 5) is 34.8. The van der Waals surface area contributed by atoms with Gasteiger partial charge in [-0.1, -0.05) is 32.6 Å². The van der Waals surface area contributed by atoms with Crippen molar-refractivity contribution < 1.29 is 14.4 Å². The molecule has 1 rings (SSSR count). The average Bonchev–Trinajstić information content (AvgIpc) is 2.97. The van der Waals surface area contributed by atoms with E-state index in [1.807, 2.05) is 6.92 Å². The number of hydrogen-bond acceptors (Lipinski definition) is 3. The third-order valence-electron chi connectivity index (χ3n) is 4.24. The molecule has 2 amide bonds. The Bertz CT molecular complexity index is 376. The van der Waals surface area contributed by atoms with Crippen molar-refractivity contribution in [2.75, 3.05) is 0 Å². The molecule has 1 aliphatic carbocycles. The van der Waals surface area contributed by atoms with Gasteiger partial charge in [-0.2, -0.15) is 0 Å². The van der Waals surface area contributed by atoms with Crippen molar-refractivity contribution in [1.82, 2.24) is 10.6 Å². The Morgan fingerprint density at radius 3 is 2.36 bits per heavy atom. The lowest BCUT2D eigenvalue weighted by molar-refractivity contribution is -0.128. The minimum Gasteiger partial charge on any atom is -0.352 e. The third kappa shape index (κ3) is 7.57. The molecule has 1 saturated carbocycles. The number of rotatable bonds is 10. The van der Waals surface area contributed by atoms with Crippen LogP contribution in [0.1, 0.15) is 78.1 Å². The molecule has 22 heavy (non-hydrogen) atoms. The Balaban J connectivity index is 2.31. The predicted molar refractivity (Wildman–Crippen MR) is 86.4 cm³/mol. The van der Waals surface area contributed by atoms with Gasteiger partial charge >= 0.3 is 0 Å². The van der Waals surface area contributed by atoms with Gasteiger partial charge in [0.2, 0.25) is 11.8 Å². The zero-order valence-corrected chi connectivity index (χ0v) is 14.0. The monoisotopic (exact) mass is 310 g/mol. The standard InChI is InChI=1S/C17H30N2O3/c1-3-15(21)11-5-4-6-12-16(18-13(2)20)17(22)19-14-9-7-8-10-14/h14,16H,3-12H2,1-2H3,(H,18,20)(H,19,22)/t16-/m0/s1. The van der Waals surface area contributed by atoms with E-state index in [1.54, 1.807) is 0 Å². The van der Waals surface area contributed by atoms with Crippen LogP contribution in [0.2, 0.25) is 0 Å². The van der Waals surface area contributed by atoms with Crippen molar-refractivity contribution in [2.24, 2.45) is 0 Å². The summed E-state index contributed by atoms with van der Waals surface area (Å²) in [5, 5.41) is 5.79. The Morgan fingerprint density at radius 2 is 1.77 bits per heavy atom. The molecule has 0 aromatic carbocycles. The van der Waals surface area contributed by atoms with Crippen LogP contribution < -0.4 is 10.6 Å². The summed E-state index contributed by atoms with van der Waals surface area (Å²) in [5.41, 5.74) is 0. The minimum atomic E-state index is -0.444. The fraction of sp³-hybridized carbons (Fsp3) is 0.824. The molecule has 1 fully saturated rings. The third-order valence-corrected chi connectivity index (χ3v) is 4.24. The summed E-state index contributed by atoms with van der Waals surface area (Å²) in [5.74, 6) is 0.0526. The number of carbonyl (C=O) groups excluding carboxylic acids is 3. The molecule has 0 unspecified atom stereocenters. The minimum absolute atomic E-state index is 0.0632. The Hall–Kier alpha value is -1.39. The summed E-state index contributed by atoms with van der Waals surface area (Å²) >= 11 is 0. The molecule has 0 radical (unpaired) electrons. The first-order chi connectivity index (χ1) is 10.5. The summed E-state index contributed by atoms with van der Waals surface area (Å²) < 4.78 is 0. The van der Waals surface area contributed by atoms with E-state index in [0.29, 0.717) is 19.3 Å². The van der Waals surface area contributed by atoms with Gasteiger partial charge in [0.15, 0.2) is 0 Å². The SMILES string of the molecule is CCC(=O)CCCCC[C@H](NC(C)=O)C(=O)NC1CCCC1. The second kappa shape index (κ2) is 10.4. The number of amides is 2. The summed E-state index contributed by atoms with van der Waals surface area (Å²) in [6.07, 6.45) is 8.90. The van der Waals surface area contributed by atoms with E-state index in [2.05, 4.69) is 10.6 Å². The molecule has 0 bridgehead atoms. The largest absolute Gasteiger partial charge is 0.352 e. The van der Waals surface area contributed by atoms with Gasteiger partial charge in [0.1, 0.15) is 11.8 Å². The zero-order valence-electron chi connectivity index (χ0n) is 14.0. The Kier molecular flexibility index (Phi) is 8.78. The zero-order chi connectivity index (χ0) is 16.4. The lowest BCUT2D eigenvalue weighted by Gasteiger charge is -2.20. The predicted octanol–water partition coefficient (Wildman–Crippen LogP) is 2.48. The maximum Gasteiger partial charge on any atom is 0.242 e. The van der Waals surface area contributed by atoms with Crippen molar-refractivity contribution in [3.8, 4) is 0 Å². The smallest absolute Gasteiger partial charge is 0.242 e. The number of carbonyl (C=O) groups is 3. The molecule has 0 saturated heterocycles. The van der Waals surface area contributed by atoms with E-state index in [-0.39, 0.29) is 23.6 Å². The van der Waals surface area contributed by atoms with Gasteiger partial charge in [-0.3, -0.25) is 14.4 Å². The van der Waals surface area contributed by atoms with Gasteiger partial charge in [-0.25, -0.2) is 0 Å². The molecule has 0 aliphatic heterocycles. The van der Waals surface area contributed by atoms with Crippen molar-refractivity contribution in [3.63, 3.8) is 0 Å². The van der Waals surface area contributed by atoms with Crippen molar-refractivity contribution in [1.29, 1.82) is 0 Å². The van der Waals surface area contributed by atoms with E-state index in [0.717, 1.165) is 32.1 Å². The lowest BCUT2D eigenvalue weighted by atomic mass is 10.0. The molecule has 0 spiro atoms. The van der Waals surface area contributed by atoms with Gasteiger partial charge < -0.3 is 10.6 Å². The van der Waals surface area contributed by atoms with Gasteiger partial charge in [0.25, 0.3) is 0 Å². The van der Waals surface area contributed by atoms with Gasteiger partial charge in [-0.05, 0) is 25.7 Å². The van der Waals surface area contributed by atoms with Crippen molar-refractivity contribution in [3.05, 3.63) is 0 Å². The molecule has 0 aromatic heterocycles. The molecule has 126 valence electrons. The van der Waals surface area contributed by atoms with Crippen LogP contribution >= 0.6 is 0 Å². The highest BCUT2D eigenvalue weighted by Gasteiger charge is 2.23. The highest BCUT2D eigenvalue weighted by molar-refractivity contribution is 5.86. The van der Waals surface area contributed by atoms with Crippen molar-refractivity contribution >= 4 is 17.6 Å². The van der Waals surface area contributed by atoms with Crippen molar-refractivity contribution in [2.45, 2.75) is 90.1 Å². The topological polar surface area (TPSA) is 75.3 Å². The fourth-order valence-corrected chi connectivity index (χ4v) is 2.91. The number of unbranched alkanes of at least 4 members (excludes halogenated alkanes) is 2. The summed E-state index contributed by atoms with van der Waals surface area (Å²) in [6, 6.07) is -0.175. The highest BCUT2D eigenvalue weighted by atomic mass is 16.2. The van der Waals surface area contributed by atoms with E-state index in [1.165, 1.54) is 19.8 Å². The normalized spacial score (nSPS) is 16.3. The molecule has 1 aliphatic rings. The highest BCUT2D eigenvalue weighted by Crippen LogP contribution is 2.18.